The van der Waals surface area contributed by atoms with Crippen LogP contribution in [-0.2, 0) is 7.05 Å². The van der Waals surface area contributed by atoms with E-state index in [9.17, 15) is 0 Å². The van der Waals surface area contributed by atoms with E-state index in [4.69, 9.17) is 0 Å². The first-order chi connectivity index (χ1) is 8.68. The quantitative estimate of drug-likeness (QED) is 0.808. The van der Waals surface area contributed by atoms with Gasteiger partial charge in [-0.05, 0) is 50.4 Å². The van der Waals surface area contributed by atoms with Crippen LogP contribution in [0.5, 0.6) is 0 Å². The molecule has 2 aromatic rings. The molecule has 2 heteroatoms. The van der Waals surface area contributed by atoms with Gasteiger partial charge in [0.15, 0.2) is 0 Å². The second kappa shape index (κ2) is 4.43. The van der Waals surface area contributed by atoms with Gasteiger partial charge < -0.3 is 9.88 Å². The van der Waals surface area contributed by atoms with E-state index < -0.39 is 0 Å². The van der Waals surface area contributed by atoms with E-state index in [2.05, 4.69) is 49.0 Å². The van der Waals surface area contributed by atoms with Gasteiger partial charge in [-0.2, -0.15) is 0 Å². The van der Waals surface area contributed by atoms with E-state index in [-0.39, 0.29) is 0 Å². The summed E-state index contributed by atoms with van der Waals surface area (Å²) in [5.41, 5.74) is 5.60. The number of hydrogen-bond acceptors (Lipinski definition) is 1. The Balaban J connectivity index is 2.16. The highest BCUT2D eigenvalue weighted by molar-refractivity contribution is 5.87. The van der Waals surface area contributed by atoms with Gasteiger partial charge >= 0.3 is 0 Å². The Morgan fingerprint density at radius 3 is 2.61 bits per heavy atom. The van der Waals surface area contributed by atoms with Crippen LogP contribution >= 0.6 is 0 Å². The number of piperidine rings is 1. The van der Waals surface area contributed by atoms with Gasteiger partial charge in [0.05, 0.1) is 5.52 Å². The Morgan fingerprint density at radius 2 is 1.94 bits per heavy atom. The number of aryl methyl sites for hydroxylation is 3. The first kappa shape index (κ1) is 11.8. The second-order valence-electron chi connectivity index (χ2n) is 5.59. The van der Waals surface area contributed by atoms with Crippen molar-refractivity contribution in [2.24, 2.45) is 7.05 Å². The first-order valence-electron chi connectivity index (χ1n) is 6.97. The van der Waals surface area contributed by atoms with Crippen molar-refractivity contribution < 1.29 is 0 Å². The first-order valence-corrected chi connectivity index (χ1v) is 6.97. The number of rotatable bonds is 1. The third-order valence-corrected chi connectivity index (χ3v) is 4.32. The molecule has 1 N–H and O–H groups in total. The zero-order chi connectivity index (χ0) is 12.7. The van der Waals surface area contributed by atoms with Crippen LogP contribution in [0, 0.1) is 13.8 Å². The van der Waals surface area contributed by atoms with E-state index in [1.807, 2.05) is 0 Å². The van der Waals surface area contributed by atoms with Crippen molar-refractivity contribution >= 4 is 10.9 Å². The molecule has 2 heterocycles. The number of nitrogens with zero attached hydrogens (tertiary/aromatic N) is 1. The molecule has 1 unspecified atom stereocenters. The Labute approximate surface area is 109 Å². The van der Waals surface area contributed by atoms with E-state index in [1.165, 1.54) is 47.0 Å². The summed E-state index contributed by atoms with van der Waals surface area (Å²) in [7, 11) is 2.21. The molecule has 96 valence electrons. The second-order valence-corrected chi connectivity index (χ2v) is 5.59. The molecule has 2 nitrogen and oxygen atoms in total. The number of aromatic nitrogens is 1. The van der Waals surface area contributed by atoms with Crippen LogP contribution in [0.3, 0.4) is 0 Å². The smallest absolute Gasteiger partial charge is 0.0512 e. The monoisotopic (exact) mass is 242 g/mol. The lowest BCUT2D eigenvalue weighted by molar-refractivity contribution is 0.399. The number of nitrogens with one attached hydrogen (secondary N) is 1. The molecule has 0 amide bonds. The Kier molecular flexibility index (Phi) is 2.90. The topological polar surface area (TPSA) is 17.0 Å². The predicted molar refractivity (Wildman–Crippen MR) is 77.0 cm³/mol. The molecular formula is C16H22N2. The number of fused-ring (bicyclic) bond motifs is 1. The summed E-state index contributed by atoms with van der Waals surface area (Å²) in [6.07, 6.45) is 3.93. The van der Waals surface area contributed by atoms with Crippen molar-refractivity contribution in [2.45, 2.75) is 39.2 Å². The molecule has 1 aliphatic heterocycles. The molecule has 1 saturated heterocycles. The lowest BCUT2D eigenvalue weighted by Crippen LogP contribution is -2.28. The summed E-state index contributed by atoms with van der Waals surface area (Å²) in [5.74, 6) is 0. The Hall–Kier alpha value is -1.28. The fourth-order valence-electron chi connectivity index (χ4n) is 3.26. The van der Waals surface area contributed by atoms with Gasteiger partial charge in [0, 0.05) is 24.2 Å². The molecule has 0 spiro atoms. The molecule has 0 saturated carbocycles. The SMILES string of the molecule is Cc1ccc(C)c2c1cc(C1CCCCN1)n2C. The van der Waals surface area contributed by atoms with E-state index >= 15 is 0 Å². The molecule has 1 aromatic carbocycles. The maximum atomic E-state index is 3.66. The molecule has 3 rings (SSSR count). The highest BCUT2D eigenvalue weighted by Crippen LogP contribution is 2.31. The van der Waals surface area contributed by atoms with E-state index in [1.54, 1.807) is 0 Å². The van der Waals surface area contributed by atoms with Crippen LogP contribution in [0.2, 0.25) is 0 Å². The largest absolute Gasteiger partial charge is 0.346 e. The van der Waals surface area contributed by atoms with Crippen LogP contribution in [-0.4, -0.2) is 11.1 Å². The van der Waals surface area contributed by atoms with Crippen LogP contribution in [0.15, 0.2) is 18.2 Å². The third-order valence-electron chi connectivity index (χ3n) is 4.32. The van der Waals surface area contributed by atoms with Gasteiger partial charge in [-0.3, -0.25) is 0 Å². The van der Waals surface area contributed by atoms with Gasteiger partial charge in [-0.1, -0.05) is 18.6 Å². The van der Waals surface area contributed by atoms with Crippen molar-refractivity contribution in [3.05, 3.63) is 35.0 Å². The average molecular weight is 242 g/mol. The number of hydrogen-bond donors (Lipinski definition) is 1. The Bertz CT molecular complexity index is 574. The minimum absolute atomic E-state index is 0.537. The van der Waals surface area contributed by atoms with Crippen molar-refractivity contribution in [3.8, 4) is 0 Å². The molecule has 1 fully saturated rings. The van der Waals surface area contributed by atoms with Crippen molar-refractivity contribution in [3.63, 3.8) is 0 Å². The van der Waals surface area contributed by atoms with Crippen LogP contribution in [0.4, 0.5) is 0 Å². The summed E-state index contributed by atoms with van der Waals surface area (Å²) in [5, 5.41) is 5.07. The molecule has 0 radical (unpaired) electrons. The summed E-state index contributed by atoms with van der Waals surface area (Å²) in [6, 6.07) is 7.39. The van der Waals surface area contributed by atoms with Crippen molar-refractivity contribution in [1.82, 2.24) is 9.88 Å². The van der Waals surface area contributed by atoms with Gasteiger partial charge in [0.2, 0.25) is 0 Å². The highest BCUT2D eigenvalue weighted by atomic mass is 15.0. The highest BCUT2D eigenvalue weighted by Gasteiger charge is 2.19. The van der Waals surface area contributed by atoms with Gasteiger partial charge in [-0.25, -0.2) is 0 Å². The van der Waals surface area contributed by atoms with Crippen molar-refractivity contribution in [2.75, 3.05) is 6.54 Å². The molecule has 1 aliphatic rings. The lowest BCUT2D eigenvalue weighted by Gasteiger charge is -2.24. The van der Waals surface area contributed by atoms with Crippen LogP contribution in [0.1, 0.15) is 42.1 Å². The maximum Gasteiger partial charge on any atom is 0.0512 e. The average Bonchev–Trinajstić information content (AvgIpc) is 2.74. The van der Waals surface area contributed by atoms with Crippen LogP contribution < -0.4 is 5.32 Å². The summed E-state index contributed by atoms with van der Waals surface area (Å²) in [6.45, 7) is 5.57. The molecular weight excluding hydrogens is 220 g/mol. The summed E-state index contributed by atoms with van der Waals surface area (Å²) in [4.78, 5) is 0. The van der Waals surface area contributed by atoms with Crippen molar-refractivity contribution in [1.29, 1.82) is 0 Å². The summed E-state index contributed by atoms with van der Waals surface area (Å²) >= 11 is 0. The van der Waals surface area contributed by atoms with Gasteiger partial charge in [-0.15, -0.1) is 0 Å². The fourth-order valence-corrected chi connectivity index (χ4v) is 3.26. The molecule has 0 aliphatic carbocycles. The zero-order valence-corrected chi connectivity index (χ0v) is 11.6. The minimum atomic E-state index is 0.537. The standard InChI is InChI=1S/C16H22N2/c1-11-7-8-12(2)16-13(11)10-15(18(16)3)14-6-4-5-9-17-14/h7-8,10,14,17H,4-6,9H2,1-3H3. The molecule has 1 aromatic heterocycles. The molecule has 0 bridgehead atoms. The van der Waals surface area contributed by atoms with Gasteiger partial charge in [0.1, 0.15) is 0 Å². The zero-order valence-electron chi connectivity index (χ0n) is 11.6. The summed E-state index contributed by atoms with van der Waals surface area (Å²) < 4.78 is 2.39. The van der Waals surface area contributed by atoms with E-state index in [0.717, 1.165) is 6.54 Å². The Morgan fingerprint density at radius 1 is 1.17 bits per heavy atom. The predicted octanol–water partition coefficient (Wildman–Crippen LogP) is 3.61. The molecule has 1 atom stereocenters. The van der Waals surface area contributed by atoms with E-state index in [0.29, 0.717) is 6.04 Å². The lowest BCUT2D eigenvalue weighted by atomic mass is 10.0. The minimum Gasteiger partial charge on any atom is -0.346 e. The normalized spacial score (nSPS) is 20.5. The van der Waals surface area contributed by atoms with Crippen LogP contribution in [0.25, 0.3) is 10.9 Å². The third kappa shape index (κ3) is 1.76. The van der Waals surface area contributed by atoms with Gasteiger partial charge in [0.25, 0.3) is 0 Å². The number of benzene rings is 1. The molecule has 18 heavy (non-hydrogen) atoms. The maximum absolute atomic E-state index is 3.66. The fraction of sp³-hybridized carbons (Fsp3) is 0.500.